The summed E-state index contributed by atoms with van der Waals surface area (Å²) in [6, 6.07) is 0. The molecule has 0 spiro atoms. The molecule has 2 N–H and O–H groups in total. The Morgan fingerprint density at radius 1 is 1.00 bits per heavy atom. The molecule has 0 aromatic carbocycles. The molecule has 4 aliphatic rings. The zero-order valence-corrected chi connectivity index (χ0v) is 21.3. The molecule has 0 bridgehead atoms. The van der Waals surface area contributed by atoms with Gasteiger partial charge in [0, 0.05) is 6.61 Å². The summed E-state index contributed by atoms with van der Waals surface area (Å²) in [5, 5.41) is 20.7. The predicted octanol–water partition coefficient (Wildman–Crippen LogP) is 7.00. The highest BCUT2D eigenvalue weighted by Crippen LogP contribution is 2.75. The van der Waals surface area contributed by atoms with Crippen molar-refractivity contribution in [1.29, 1.82) is 0 Å². The Morgan fingerprint density at radius 2 is 1.71 bits per heavy atom. The van der Waals surface area contributed by atoms with E-state index in [1.807, 2.05) is 6.92 Å². The second-order valence-electron chi connectivity index (χ2n) is 13.4. The molecule has 2 heteroatoms. The largest absolute Gasteiger partial charge is 0.396 e. The first-order valence-electron chi connectivity index (χ1n) is 13.4. The van der Waals surface area contributed by atoms with E-state index < -0.39 is 0 Å². The standard InChI is InChI=1S/C29H50O2/c1-19(2)22-12-15-29(18-30)17-16-27(6)23(25(22)29)8-9-24-26(5,13-11-21(4)31)20(3)10-14-28(24,27)7/h20-25,30-31H,1,8-18H2,2-7H3/t20?,21?,22-,23?,24?,25?,26?,27+,28?,29?/m0/s1. The van der Waals surface area contributed by atoms with Crippen LogP contribution in [0.15, 0.2) is 12.2 Å². The van der Waals surface area contributed by atoms with Gasteiger partial charge in [-0.25, -0.2) is 0 Å². The highest BCUT2D eigenvalue weighted by atomic mass is 16.3. The third-order valence-electron chi connectivity index (χ3n) is 12.4. The van der Waals surface area contributed by atoms with Crippen molar-refractivity contribution in [2.75, 3.05) is 6.61 Å². The van der Waals surface area contributed by atoms with E-state index >= 15 is 0 Å². The van der Waals surface area contributed by atoms with E-state index in [1.165, 1.54) is 56.9 Å². The van der Waals surface area contributed by atoms with E-state index in [0.29, 0.717) is 40.6 Å². The van der Waals surface area contributed by atoms with E-state index in [9.17, 15) is 10.2 Å². The number of hydrogen-bond donors (Lipinski definition) is 2. The summed E-state index contributed by atoms with van der Waals surface area (Å²) in [4.78, 5) is 0. The number of rotatable bonds is 5. The Labute approximate surface area is 192 Å². The minimum absolute atomic E-state index is 0.147. The van der Waals surface area contributed by atoms with Crippen molar-refractivity contribution in [3.05, 3.63) is 12.2 Å². The lowest BCUT2D eigenvalue weighted by molar-refractivity contribution is -0.221. The first kappa shape index (κ1) is 23.8. The predicted molar refractivity (Wildman–Crippen MR) is 130 cm³/mol. The summed E-state index contributed by atoms with van der Waals surface area (Å²) in [7, 11) is 0. The fourth-order valence-corrected chi connectivity index (χ4v) is 10.0. The van der Waals surface area contributed by atoms with Crippen LogP contribution in [-0.2, 0) is 0 Å². The van der Waals surface area contributed by atoms with Gasteiger partial charge in [-0.1, -0.05) is 39.8 Å². The molecule has 0 heterocycles. The number of aliphatic hydroxyl groups excluding tert-OH is 2. The zero-order valence-electron chi connectivity index (χ0n) is 21.3. The third kappa shape index (κ3) is 3.24. The third-order valence-corrected chi connectivity index (χ3v) is 12.4. The molecule has 31 heavy (non-hydrogen) atoms. The molecule has 8 unspecified atom stereocenters. The van der Waals surface area contributed by atoms with Crippen molar-refractivity contribution < 1.29 is 10.2 Å². The van der Waals surface area contributed by atoms with Gasteiger partial charge in [-0.15, -0.1) is 0 Å². The van der Waals surface area contributed by atoms with Gasteiger partial charge in [-0.05, 0) is 129 Å². The van der Waals surface area contributed by atoms with Crippen LogP contribution < -0.4 is 0 Å². The molecular weight excluding hydrogens is 380 g/mol. The molecule has 0 aliphatic heterocycles. The summed E-state index contributed by atoms with van der Waals surface area (Å²) in [5.41, 5.74) is 2.54. The van der Waals surface area contributed by atoms with Crippen molar-refractivity contribution in [3.63, 3.8) is 0 Å². The van der Waals surface area contributed by atoms with E-state index in [-0.39, 0.29) is 11.5 Å². The van der Waals surface area contributed by atoms with Crippen LogP contribution in [0.2, 0.25) is 0 Å². The molecule has 0 aromatic heterocycles. The minimum atomic E-state index is -0.196. The molecule has 4 rings (SSSR count). The summed E-state index contributed by atoms with van der Waals surface area (Å²) < 4.78 is 0. The molecule has 0 radical (unpaired) electrons. The molecule has 0 amide bonds. The summed E-state index contributed by atoms with van der Waals surface area (Å²) in [6.45, 7) is 19.4. The summed E-state index contributed by atoms with van der Waals surface area (Å²) in [6.07, 6.45) is 12.1. The molecule has 0 saturated heterocycles. The van der Waals surface area contributed by atoms with Crippen LogP contribution >= 0.6 is 0 Å². The second-order valence-corrected chi connectivity index (χ2v) is 13.4. The molecule has 2 nitrogen and oxygen atoms in total. The first-order valence-corrected chi connectivity index (χ1v) is 13.4. The maximum Gasteiger partial charge on any atom is 0.0512 e. The molecule has 4 aliphatic carbocycles. The van der Waals surface area contributed by atoms with Crippen molar-refractivity contribution in [2.24, 2.45) is 51.2 Å². The molecule has 178 valence electrons. The van der Waals surface area contributed by atoms with Crippen molar-refractivity contribution in [1.82, 2.24) is 0 Å². The number of aliphatic hydroxyl groups is 2. The van der Waals surface area contributed by atoms with Crippen molar-refractivity contribution in [3.8, 4) is 0 Å². The zero-order chi connectivity index (χ0) is 22.8. The highest BCUT2D eigenvalue weighted by molar-refractivity contribution is 5.20. The molecule has 4 fully saturated rings. The van der Waals surface area contributed by atoms with E-state index in [1.54, 1.807) is 0 Å². The Morgan fingerprint density at radius 3 is 2.32 bits per heavy atom. The average molecular weight is 431 g/mol. The van der Waals surface area contributed by atoms with Crippen LogP contribution in [0.5, 0.6) is 0 Å². The maximum atomic E-state index is 10.6. The van der Waals surface area contributed by atoms with Crippen LogP contribution in [0, 0.1) is 51.2 Å². The van der Waals surface area contributed by atoms with E-state index in [4.69, 9.17) is 0 Å². The van der Waals surface area contributed by atoms with E-state index in [0.717, 1.165) is 24.7 Å². The minimum Gasteiger partial charge on any atom is -0.396 e. The van der Waals surface area contributed by atoms with Gasteiger partial charge >= 0.3 is 0 Å². The number of fused-ring (bicyclic) bond motifs is 5. The Bertz CT molecular complexity index is 699. The lowest BCUT2D eigenvalue weighted by atomic mass is 9.34. The average Bonchev–Trinajstić information content (AvgIpc) is 3.11. The topological polar surface area (TPSA) is 40.5 Å². The van der Waals surface area contributed by atoms with Crippen LogP contribution in [0.3, 0.4) is 0 Å². The Balaban J connectivity index is 1.72. The van der Waals surface area contributed by atoms with Gasteiger partial charge in [-0.3, -0.25) is 0 Å². The molecule has 4 saturated carbocycles. The van der Waals surface area contributed by atoms with Crippen LogP contribution in [-0.4, -0.2) is 22.9 Å². The van der Waals surface area contributed by atoms with Gasteiger partial charge in [0.15, 0.2) is 0 Å². The quantitative estimate of drug-likeness (QED) is 0.461. The van der Waals surface area contributed by atoms with Gasteiger partial charge in [0.25, 0.3) is 0 Å². The van der Waals surface area contributed by atoms with E-state index in [2.05, 4.69) is 41.2 Å². The monoisotopic (exact) mass is 430 g/mol. The van der Waals surface area contributed by atoms with Crippen LogP contribution in [0.4, 0.5) is 0 Å². The number of allylic oxidation sites excluding steroid dienone is 1. The van der Waals surface area contributed by atoms with Crippen LogP contribution in [0.25, 0.3) is 0 Å². The van der Waals surface area contributed by atoms with Crippen LogP contribution in [0.1, 0.15) is 106 Å². The molecule has 0 aromatic rings. The normalized spacial score (nSPS) is 52.7. The lowest BCUT2D eigenvalue weighted by Gasteiger charge is -2.70. The molecular formula is C29H50O2. The van der Waals surface area contributed by atoms with Gasteiger partial charge in [0.1, 0.15) is 0 Å². The smallest absolute Gasteiger partial charge is 0.0512 e. The Kier molecular flexibility index (Phi) is 6.04. The SMILES string of the molecule is C=C(C)[C@@H]1CCC2(CO)CC[C@]3(C)C(CCC4C(C)(CCC(C)O)C(C)CCC43C)C12. The first-order chi connectivity index (χ1) is 14.4. The highest BCUT2D eigenvalue weighted by Gasteiger charge is 2.68. The lowest BCUT2D eigenvalue weighted by Crippen LogP contribution is -2.64. The second kappa shape index (κ2) is 7.86. The Hall–Kier alpha value is -0.340. The summed E-state index contributed by atoms with van der Waals surface area (Å²) in [5.74, 6) is 3.42. The fraction of sp³-hybridized carbons (Fsp3) is 0.931. The van der Waals surface area contributed by atoms with Crippen molar-refractivity contribution in [2.45, 2.75) is 112 Å². The van der Waals surface area contributed by atoms with Gasteiger partial charge in [0.2, 0.25) is 0 Å². The molecule has 10 atom stereocenters. The van der Waals surface area contributed by atoms with Crippen molar-refractivity contribution >= 4 is 0 Å². The summed E-state index contributed by atoms with van der Waals surface area (Å²) >= 11 is 0. The van der Waals surface area contributed by atoms with Gasteiger partial charge in [0.05, 0.1) is 6.10 Å². The fourth-order valence-electron chi connectivity index (χ4n) is 10.0. The number of hydrogen-bond acceptors (Lipinski definition) is 2. The van der Waals surface area contributed by atoms with Gasteiger partial charge in [-0.2, -0.15) is 0 Å². The van der Waals surface area contributed by atoms with Gasteiger partial charge < -0.3 is 10.2 Å². The maximum absolute atomic E-state index is 10.6.